The monoisotopic (exact) mass is 359 g/mol. The van der Waals surface area contributed by atoms with E-state index in [9.17, 15) is 0 Å². The van der Waals surface area contributed by atoms with Crippen molar-refractivity contribution in [1.82, 2.24) is 14.8 Å². The molecule has 3 rings (SSSR count). The Morgan fingerprint density at radius 3 is 2.75 bits per heavy atom. The Kier molecular flexibility index (Phi) is 5.11. The Hall–Kier alpha value is -1.98. The number of methoxy groups -OCH3 is 1. The first-order valence-corrected chi connectivity index (χ1v) is 8.86. The predicted octanol–water partition coefficient (Wildman–Crippen LogP) is 4.74. The molecule has 0 spiro atoms. The van der Waals surface area contributed by atoms with E-state index in [2.05, 4.69) is 41.4 Å². The molecular formula is C18H18ClN3OS. The highest BCUT2D eigenvalue weighted by Crippen LogP contribution is 2.33. The maximum atomic E-state index is 6.12. The normalized spacial score (nSPS) is 10.8. The van der Waals surface area contributed by atoms with E-state index in [1.165, 1.54) is 11.1 Å². The van der Waals surface area contributed by atoms with Gasteiger partial charge in [-0.1, -0.05) is 53.2 Å². The lowest BCUT2D eigenvalue weighted by Crippen LogP contribution is -1.97. The van der Waals surface area contributed by atoms with Crippen LogP contribution in [0.15, 0.2) is 47.6 Å². The Morgan fingerprint density at radius 2 is 2.00 bits per heavy atom. The molecule has 1 aromatic heterocycles. The molecular weight excluding hydrogens is 342 g/mol. The summed E-state index contributed by atoms with van der Waals surface area (Å²) in [4.78, 5) is 0. The van der Waals surface area contributed by atoms with Gasteiger partial charge in [-0.3, -0.25) is 0 Å². The van der Waals surface area contributed by atoms with E-state index in [1.54, 1.807) is 24.9 Å². The van der Waals surface area contributed by atoms with Crippen LogP contribution in [-0.4, -0.2) is 21.9 Å². The number of thioether (sulfide) groups is 1. The van der Waals surface area contributed by atoms with Gasteiger partial charge in [-0.15, -0.1) is 10.2 Å². The molecule has 4 nitrogen and oxygen atoms in total. The molecule has 0 saturated heterocycles. The number of rotatable bonds is 5. The molecule has 0 aliphatic rings. The first-order valence-electron chi connectivity index (χ1n) is 7.50. The largest absolute Gasteiger partial charge is 0.496 e. The van der Waals surface area contributed by atoms with Gasteiger partial charge in [-0.05, 0) is 30.7 Å². The zero-order valence-corrected chi connectivity index (χ0v) is 15.4. The van der Waals surface area contributed by atoms with Crippen LogP contribution in [-0.2, 0) is 12.8 Å². The van der Waals surface area contributed by atoms with E-state index < -0.39 is 0 Å². The average Bonchev–Trinajstić information content (AvgIpc) is 2.93. The van der Waals surface area contributed by atoms with Crippen molar-refractivity contribution in [3.05, 3.63) is 58.6 Å². The van der Waals surface area contributed by atoms with Crippen LogP contribution in [0.4, 0.5) is 0 Å². The summed E-state index contributed by atoms with van der Waals surface area (Å²) < 4.78 is 7.38. The van der Waals surface area contributed by atoms with Crippen molar-refractivity contribution in [2.45, 2.75) is 17.8 Å². The zero-order valence-electron chi connectivity index (χ0n) is 13.8. The molecule has 1 heterocycles. The van der Waals surface area contributed by atoms with Crippen LogP contribution in [0.1, 0.15) is 11.1 Å². The smallest absolute Gasteiger partial charge is 0.191 e. The molecule has 2 aromatic carbocycles. The van der Waals surface area contributed by atoms with Crippen molar-refractivity contribution in [1.29, 1.82) is 0 Å². The topological polar surface area (TPSA) is 39.9 Å². The zero-order chi connectivity index (χ0) is 17.1. The minimum atomic E-state index is 0.641. The van der Waals surface area contributed by atoms with Crippen LogP contribution >= 0.6 is 23.4 Å². The third-order valence-electron chi connectivity index (χ3n) is 3.69. The van der Waals surface area contributed by atoms with E-state index in [1.807, 2.05) is 23.7 Å². The Morgan fingerprint density at radius 1 is 1.17 bits per heavy atom. The highest BCUT2D eigenvalue weighted by atomic mass is 35.5. The van der Waals surface area contributed by atoms with Crippen LogP contribution in [0.5, 0.6) is 5.75 Å². The quantitative estimate of drug-likeness (QED) is 0.616. The molecule has 0 unspecified atom stereocenters. The van der Waals surface area contributed by atoms with E-state index in [0.717, 1.165) is 28.0 Å². The van der Waals surface area contributed by atoms with Crippen LogP contribution in [0.25, 0.3) is 11.4 Å². The number of aryl methyl sites for hydroxylation is 1. The Labute approximate surface area is 150 Å². The van der Waals surface area contributed by atoms with Gasteiger partial charge in [-0.25, -0.2) is 0 Å². The summed E-state index contributed by atoms with van der Waals surface area (Å²) in [6.07, 6.45) is 0. The molecule has 6 heteroatoms. The second-order valence-corrected chi connectivity index (χ2v) is 6.87. The van der Waals surface area contributed by atoms with Gasteiger partial charge in [-0.2, -0.15) is 0 Å². The number of nitrogens with zero attached hydrogens (tertiary/aromatic N) is 3. The van der Waals surface area contributed by atoms with Crippen molar-refractivity contribution in [3.8, 4) is 17.1 Å². The molecule has 0 radical (unpaired) electrons. The summed E-state index contributed by atoms with van der Waals surface area (Å²) in [7, 11) is 3.59. The third kappa shape index (κ3) is 3.57. The highest BCUT2D eigenvalue weighted by molar-refractivity contribution is 7.98. The maximum absolute atomic E-state index is 6.12. The number of ether oxygens (including phenoxy) is 1. The summed E-state index contributed by atoms with van der Waals surface area (Å²) in [5.41, 5.74) is 3.36. The van der Waals surface area contributed by atoms with E-state index in [0.29, 0.717) is 5.02 Å². The lowest BCUT2D eigenvalue weighted by molar-refractivity contribution is 0.416. The minimum absolute atomic E-state index is 0.641. The van der Waals surface area contributed by atoms with Crippen LogP contribution < -0.4 is 4.74 Å². The van der Waals surface area contributed by atoms with Crippen molar-refractivity contribution >= 4 is 23.4 Å². The molecule has 0 aliphatic carbocycles. The average molecular weight is 360 g/mol. The minimum Gasteiger partial charge on any atom is -0.496 e. The van der Waals surface area contributed by atoms with Gasteiger partial charge in [0.25, 0.3) is 0 Å². The molecule has 0 atom stereocenters. The van der Waals surface area contributed by atoms with Gasteiger partial charge in [0, 0.05) is 17.8 Å². The van der Waals surface area contributed by atoms with Gasteiger partial charge < -0.3 is 9.30 Å². The van der Waals surface area contributed by atoms with Gasteiger partial charge in [0.15, 0.2) is 11.0 Å². The van der Waals surface area contributed by atoms with Gasteiger partial charge in [0.2, 0.25) is 0 Å². The number of benzene rings is 2. The van der Waals surface area contributed by atoms with E-state index in [4.69, 9.17) is 16.3 Å². The highest BCUT2D eigenvalue weighted by Gasteiger charge is 2.15. The van der Waals surface area contributed by atoms with E-state index >= 15 is 0 Å². The molecule has 124 valence electrons. The summed E-state index contributed by atoms with van der Waals surface area (Å²) in [5, 5.41) is 10.1. The first-order chi connectivity index (χ1) is 11.6. The van der Waals surface area contributed by atoms with Crippen LogP contribution in [0, 0.1) is 6.92 Å². The van der Waals surface area contributed by atoms with Gasteiger partial charge >= 0.3 is 0 Å². The number of hydrogen-bond acceptors (Lipinski definition) is 4. The second-order valence-electron chi connectivity index (χ2n) is 5.49. The summed E-state index contributed by atoms with van der Waals surface area (Å²) >= 11 is 7.78. The molecule has 0 amide bonds. The number of hydrogen-bond donors (Lipinski definition) is 0. The molecule has 24 heavy (non-hydrogen) atoms. The Bertz CT molecular complexity index is 863. The summed E-state index contributed by atoms with van der Waals surface area (Å²) in [6.45, 7) is 2.10. The van der Waals surface area contributed by atoms with Crippen molar-refractivity contribution in [3.63, 3.8) is 0 Å². The second kappa shape index (κ2) is 7.28. The maximum Gasteiger partial charge on any atom is 0.191 e. The van der Waals surface area contributed by atoms with Gasteiger partial charge in [0.1, 0.15) is 5.75 Å². The lowest BCUT2D eigenvalue weighted by atomic mass is 10.2. The lowest BCUT2D eigenvalue weighted by Gasteiger charge is -2.09. The molecule has 0 saturated carbocycles. The SMILES string of the molecule is COc1ccc(Cl)cc1-c1nnc(SCc2cccc(C)c2)n1C. The summed E-state index contributed by atoms with van der Waals surface area (Å²) in [6, 6.07) is 14.0. The molecule has 0 fully saturated rings. The third-order valence-corrected chi connectivity index (χ3v) is 5.01. The fraction of sp³-hybridized carbons (Fsp3) is 0.222. The number of halogens is 1. The first kappa shape index (κ1) is 16.9. The van der Waals surface area contributed by atoms with Crippen molar-refractivity contribution < 1.29 is 4.74 Å². The molecule has 0 aliphatic heterocycles. The summed E-state index contributed by atoms with van der Waals surface area (Å²) in [5.74, 6) is 2.31. The number of aromatic nitrogens is 3. The van der Waals surface area contributed by atoms with Gasteiger partial charge in [0.05, 0.1) is 12.7 Å². The van der Waals surface area contributed by atoms with E-state index in [-0.39, 0.29) is 0 Å². The van der Waals surface area contributed by atoms with Crippen LogP contribution in [0.3, 0.4) is 0 Å². The molecule has 0 N–H and O–H groups in total. The Balaban J connectivity index is 1.85. The van der Waals surface area contributed by atoms with Crippen molar-refractivity contribution in [2.24, 2.45) is 7.05 Å². The standard InChI is InChI=1S/C18H18ClN3OS/c1-12-5-4-6-13(9-12)11-24-18-21-20-17(22(18)2)15-10-14(19)7-8-16(15)23-3/h4-10H,11H2,1-3H3. The van der Waals surface area contributed by atoms with Crippen molar-refractivity contribution in [2.75, 3.05) is 7.11 Å². The van der Waals surface area contributed by atoms with Crippen LogP contribution in [0.2, 0.25) is 5.02 Å². The molecule has 0 bridgehead atoms. The predicted molar refractivity (Wildman–Crippen MR) is 98.7 cm³/mol. The fourth-order valence-electron chi connectivity index (χ4n) is 2.48. The molecule has 3 aromatic rings. The fourth-order valence-corrected chi connectivity index (χ4v) is 3.51.